The first-order valence-electron chi connectivity index (χ1n) is 12.2. The fraction of sp³-hybridized carbons (Fsp3) is 0.481. The number of Topliss-reactive ketones (excluding diaryl/α,β-unsaturated/α-hetero) is 1. The summed E-state index contributed by atoms with van der Waals surface area (Å²) in [6.45, 7) is 5.66. The number of nitrogens with one attached hydrogen (secondary N) is 1. The molecular formula is C27H35Cl2N3O3. The number of ketones is 1. The number of carbonyl (C=O) groups is 2. The Labute approximate surface area is 218 Å². The molecule has 0 aromatic heterocycles. The van der Waals surface area contributed by atoms with Crippen molar-refractivity contribution in [3.05, 3.63) is 57.1 Å². The summed E-state index contributed by atoms with van der Waals surface area (Å²) < 4.78 is 5.28. The van der Waals surface area contributed by atoms with Crippen LogP contribution < -0.4 is 15.8 Å². The number of anilines is 1. The van der Waals surface area contributed by atoms with Crippen LogP contribution in [0.5, 0.6) is 5.75 Å². The summed E-state index contributed by atoms with van der Waals surface area (Å²) in [6.07, 6.45) is 5.67. The lowest BCUT2D eigenvalue weighted by Crippen LogP contribution is -2.39. The molecule has 1 aliphatic rings. The van der Waals surface area contributed by atoms with Gasteiger partial charge in [-0.1, -0.05) is 41.8 Å². The number of halogens is 2. The zero-order valence-electron chi connectivity index (χ0n) is 20.5. The van der Waals surface area contributed by atoms with Gasteiger partial charge in [0.05, 0.1) is 23.4 Å². The number of piperidine rings is 1. The van der Waals surface area contributed by atoms with Gasteiger partial charge in [0.25, 0.3) is 5.91 Å². The molecule has 1 heterocycles. The number of nitrogen functional groups attached to an aromatic ring is 1. The molecule has 190 valence electrons. The number of likely N-dealkylation sites (tertiary alicyclic amines) is 1. The minimum absolute atomic E-state index is 0.161. The van der Waals surface area contributed by atoms with Gasteiger partial charge in [0.1, 0.15) is 5.75 Å². The van der Waals surface area contributed by atoms with Crippen molar-refractivity contribution in [1.29, 1.82) is 0 Å². The van der Waals surface area contributed by atoms with Gasteiger partial charge in [-0.05, 0) is 75.9 Å². The molecule has 1 aliphatic heterocycles. The minimum atomic E-state index is -0.200. The first-order chi connectivity index (χ1) is 16.8. The predicted octanol–water partition coefficient (Wildman–Crippen LogP) is 5.78. The zero-order valence-corrected chi connectivity index (χ0v) is 22.1. The van der Waals surface area contributed by atoms with Crippen molar-refractivity contribution in [2.45, 2.75) is 45.4 Å². The fourth-order valence-electron chi connectivity index (χ4n) is 4.37. The topological polar surface area (TPSA) is 84.7 Å². The molecule has 0 aliphatic carbocycles. The average Bonchev–Trinajstić information content (AvgIpc) is 2.85. The number of unbranched alkanes of at least 4 members (excludes halogenated alkanes) is 2. The van der Waals surface area contributed by atoms with E-state index >= 15 is 0 Å². The predicted molar refractivity (Wildman–Crippen MR) is 143 cm³/mol. The van der Waals surface area contributed by atoms with E-state index in [0.29, 0.717) is 51.5 Å². The number of rotatable bonds is 11. The number of amides is 1. The highest BCUT2D eigenvalue weighted by Gasteiger charge is 2.21. The highest BCUT2D eigenvalue weighted by Crippen LogP contribution is 2.29. The summed E-state index contributed by atoms with van der Waals surface area (Å²) in [7, 11) is 1.51. The summed E-state index contributed by atoms with van der Waals surface area (Å²) in [5, 5.41) is 4.01. The van der Waals surface area contributed by atoms with Gasteiger partial charge < -0.3 is 20.7 Å². The van der Waals surface area contributed by atoms with E-state index in [0.717, 1.165) is 57.3 Å². The molecule has 1 saturated heterocycles. The Bertz CT molecular complexity index is 1040. The van der Waals surface area contributed by atoms with E-state index in [2.05, 4.69) is 10.2 Å². The molecule has 3 rings (SSSR count). The van der Waals surface area contributed by atoms with Crippen LogP contribution in [0.15, 0.2) is 30.3 Å². The van der Waals surface area contributed by atoms with E-state index in [-0.39, 0.29) is 11.7 Å². The quantitative estimate of drug-likeness (QED) is 0.223. The smallest absolute Gasteiger partial charge is 0.255 e. The van der Waals surface area contributed by atoms with Crippen molar-refractivity contribution in [1.82, 2.24) is 10.2 Å². The van der Waals surface area contributed by atoms with E-state index in [9.17, 15) is 9.59 Å². The average molecular weight is 521 g/mol. The molecule has 2 aromatic carbocycles. The second kappa shape index (κ2) is 13.1. The van der Waals surface area contributed by atoms with Crippen LogP contribution in [0, 0.1) is 12.8 Å². The number of hydrogen-bond acceptors (Lipinski definition) is 5. The van der Waals surface area contributed by atoms with Crippen molar-refractivity contribution in [2.75, 3.05) is 39.0 Å². The van der Waals surface area contributed by atoms with Gasteiger partial charge in [-0.25, -0.2) is 0 Å². The molecule has 35 heavy (non-hydrogen) atoms. The van der Waals surface area contributed by atoms with Crippen LogP contribution in [0.1, 0.15) is 64.8 Å². The van der Waals surface area contributed by atoms with Crippen molar-refractivity contribution in [3.8, 4) is 5.75 Å². The van der Waals surface area contributed by atoms with Gasteiger partial charge in [0.2, 0.25) is 0 Å². The zero-order chi connectivity index (χ0) is 25.4. The maximum absolute atomic E-state index is 12.6. The Morgan fingerprint density at radius 3 is 2.51 bits per heavy atom. The maximum atomic E-state index is 12.6. The molecular weight excluding hydrogens is 485 g/mol. The number of benzene rings is 2. The molecule has 3 N–H and O–H groups in total. The standard InChI is InChI=1S/C27H35Cl2N3O3/c1-18-7-8-20(14-22(18)28)25(33)6-4-3-5-11-32-12-9-19(10-13-32)17-31-27(34)21-15-23(29)24(30)16-26(21)35-2/h7-8,14-16,19H,3-6,9-13,17,30H2,1-2H3,(H,31,34). The van der Waals surface area contributed by atoms with Gasteiger partial charge in [0, 0.05) is 29.6 Å². The van der Waals surface area contributed by atoms with Crippen molar-refractivity contribution in [3.63, 3.8) is 0 Å². The second-order valence-electron chi connectivity index (χ2n) is 9.27. The van der Waals surface area contributed by atoms with Crippen LogP contribution >= 0.6 is 23.2 Å². The lowest BCUT2D eigenvalue weighted by atomic mass is 9.96. The van der Waals surface area contributed by atoms with Crippen LogP contribution in [0.25, 0.3) is 0 Å². The van der Waals surface area contributed by atoms with E-state index in [1.54, 1.807) is 18.2 Å². The fourth-order valence-corrected chi connectivity index (χ4v) is 4.71. The molecule has 8 heteroatoms. The third-order valence-corrected chi connectivity index (χ3v) is 7.43. The summed E-state index contributed by atoms with van der Waals surface area (Å²) in [5.74, 6) is 0.829. The Hall–Kier alpha value is -2.28. The second-order valence-corrected chi connectivity index (χ2v) is 10.1. The number of hydrogen-bond donors (Lipinski definition) is 2. The molecule has 0 bridgehead atoms. The molecule has 2 aromatic rings. The number of aryl methyl sites for hydroxylation is 1. The van der Waals surface area contributed by atoms with Gasteiger partial charge in [0.15, 0.2) is 5.78 Å². The van der Waals surface area contributed by atoms with Crippen molar-refractivity contribution >= 4 is 40.6 Å². The SMILES string of the molecule is COc1cc(N)c(Cl)cc1C(=O)NCC1CCN(CCCCCC(=O)c2ccc(C)c(Cl)c2)CC1. The lowest BCUT2D eigenvalue weighted by Gasteiger charge is -2.32. The van der Waals surface area contributed by atoms with E-state index in [1.807, 2.05) is 19.1 Å². The Morgan fingerprint density at radius 1 is 1.09 bits per heavy atom. The van der Waals surface area contributed by atoms with Crippen LogP contribution in [0.2, 0.25) is 10.0 Å². The van der Waals surface area contributed by atoms with Gasteiger partial charge in [-0.15, -0.1) is 0 Å². The highest BCUT2D eigenvalue weighted by molar-refractivity contribution is 6.33. The summed E-state index contributed by atoms with van der Waals surface area (Å²) >= 11 is 12.2. The monoisotopic (exact) mass is 519 g/mol. The molecule has 0 spiro atoms. The van der Waals surface area contributed by atoms with Crippen LogP contribution in [-0.4, -0.2) is 49.9 Å². The van der Waals surface area contributed by atoms with Gasteiger partial charge >= 0.3 is 0 Å². The van der Waals surface area contributed by atoms with Crippen LogP contribution in [0.4, 0.5) is 5.69 Å². The Kier molecular flexibility index (Phi) is 10.3. The molecule has 0 atom stereocenters. The van der Waals surface area contributed by atoms with Gasteiger partial charge in [-0.2, -0.15) is 0 Å². The minimum Gasteiger partial charge on any atom is -0.496 e. The van der Waals surface area contributed by atoms with E-state index < -0.39 is 0 Å². The number of carbonyl (C=O) groups excluding carboxylic acids is 2. The van der Waals surface area contributed by atoms with E-state index in [1.165, 1.54) is 7.11 Å². The molecule has 0 saturated carbocycles. The lowest BCUT2D eigenvalue weighted by molar-refractivity contribution is 0.0932. The Balaban J connectivity index is 1.31. The highest BCUT2D eigenvalue weighted by atomic mass is 35.5. The van der Waals surface area contributed by atoms with E-state index in [4.69, 9.17) is 33.7 Å². The number of nitrogens with zero attached hydrogens (tertiary/aromatic N) is 1. The van der Waals surface area contributed by atoms with Crippen LogP contribution in [-0.2, 0) is 0 Å². The van der Waals surface area contributed by atoms with Crippen molar-refractivity contribution in [2.24, 2.45) is 5.92 Å². The first kappa shape index (κ1) is 27.3. The molecule has 0 unspecified atom stereocenters. The molecule has 1 amide bonds. The largest absolute Gasteiger partial charge is 0.496 e. The maximum Gasteiger partial charge on any atom is 0.255 e. The van der Waals surface area contributed by atoms with Crippen LogP contribution in [0.3, 0.4) is 0 Å². The summed E-state index contributed by atoms with van der Waals surface area (Å²) in [4.78, 5) is 27.5. The normalized spacial score (nSPS) is 14.6. The molecule has 0 radical (unpaired) electrons. The first-order valence-corrected chi connectivity index (χ1v) is 13.0. The third kappa shape index (κ3) is 7.86. The summed E-state index contributed by atoms with van der Waals surface area (Å²) in [5.41, 5.74) is 8.27. The van der Waals surface area contributed by atoms with Gasteiger partial charge in [-0.3, -0.25) is 9.59 Å². The van der Waals surface area contributed by atoms with Crippen molar-refractivity contribution < 1.29 is 14.3 Å². The molecule has 1 fully saturated rings. The number of ether oxygens (including phenoxy) is 1. The summed E-state index contributed by atoms with van der Waals surface area (Å²) in [6, 6.07) is 8.65. The number of methoxy groups -OCH3 is 1. The molecule has 6 nitrogen and oxygen atoms in total. The number of nitrogens with two attached hydrogens (primary N) is 1. The third-order valence-electron chi connectivity index (χ3n) is 6.69. The Morgan fingerprint density at radius 2 is 1.83 bits per heavy atom.